The van der Waals surface area contributed by atoms with E-state index in [9.17, 15) is 9.59 Å². The highest BCUT2D eigenvalue weighted by atomic mass is 16.2. The van der Waals surface area contributed by atoms with Crippen LogP contribution in [0, 0.1) is 13.8 Å². The molecule has 0 unspecified atom stereocenters. The molecule has 2 N–H and O–H groups in total. The number of hydrogen-bond donors (Lipinski definition) is 2. The van der Waals surface area contributed by atoms with E-state index in [-0.39, 0.29) is 5.56 Å². The summed E-state index contributed by atoms with van der Waals surface area (Å²) in [6, 6.07) is 5.96. The van der Waals surface area contributed by atoms with Gasteiger partial charge < -0.3 is 10.3 Å². The van der Waals surface area contributed by atoms with Gasteiger partial charge >= 0.3 is 0 Å². The fourth-order valence-electron chi connectivity index (χ4n) is 2.57. The van der Waals surface area contributed by atoms with E-state index in [2.05, 4.69) is 15.3 Å². The zero-order valence-electron chi connectivity index (χ0n) is 13.4. The van der Waals surface area contributed by atoms with E-state index >= 15 is 0 Å². The third-order valence-corrected chi connectivity index (χ3v) is 3.68. The number of aromatic nitrogens is 2. The molecule has 1 aromatic heterocycles. The Bertz CT molecular complexity index is 741. The normalized spacial score (nSPS) is 10.5. The molecule has 1 aromatic carbocycles. The van der Waals surface area contributed by atoms with E-state index in [0.717, 1.165) is 29.7 Å². The summed E-state index contributed by atoms with van der Waals surface area (Å²) < 4.78 is 0. The fourth-order valence-corrected chi connectivity index (χ4v) is 2.57. The van der Waals surface area contributed by atoms with Gasteiger partial charge in [-0.15, -0.1) is 0 Å². The standard InChI is InChI=1S/C17H21N3O2/c1-5-12-8-7-9-13(6-2)15(12)20-17(22)14-10(3)18-11(4)19-16(14)21/h7-9H,5-6H2,1-4H3,(H,20,22)(H,18,19,21). The second-order valence-electron chi connectivity index (χ2n) is 5.22. The van der Waals surface area contributed by atoms with Crippen molar-refractivity contribution < 1.29 is 4.79 Å². The minimum absolute atomic E-state index is 0.0681. The first-order chi connectivity index (χ1) is 10.5. The van der Waals surface area contributed by atoms with Gasteiger partial charge in [-0.25, -0.2) is 4.98 Å². The Kier molecular flexibility index (Phi) is 4.75. The number of amides is 1. The van der Waals surface area contributed by atoms with Gasteiger partial charge in [0.05, 0.1) is 5.69 Å². The minimum Gasteiger partial charge on any atom is -0.321 e. The molecular weight excluding hydrogens is 278 g/mol. The molecule has 0 atom stereocenters. The topological polar surface area (TPSA) is 74.8 Å². The highest BCUT2D eigenvalue weighted by Crippen LogP contribution is 2.23. The number of para-hydroxylation sites is 1. The molecule has 0 saturated carbocycles. The maximum absolute atomic E-state index is 12.5. The van der Waals surface area contributed by atoms with Crippen LogP contribution in [-0.2, 0) is 12.8 Å². The van der Waals surface area contributed by atoms with E-state index in [0.29, 0.717) is 11.5 Å². The highest BCUT2D eigenvalue weighted by Gasteiger charge is 2.18. The van der Waals surface area contributed by atoms with Crippen molar-refractivity contribution in [2.75, 3.05) is 5.32 Å². The van der Waals surface area contributed by atoms with Crippen LogP contribution in [-0.4, -0.2) is 15.9 Å². The van der Waals surface area contributed by atoms with Gasteiger partial charge in [0.2, 0.25) is 0 Å². The highest BCUT2D eigenvalue weighted by molar-refractivity contribution is 6.05. The number of nitrogens with one attached hydrogen (secondary N) is 2. The molecule has 0 radical (unpaired) electrons. The van der Waals surface area contributed by atoms with E-state index in [4.69, 9.17) is 0 Å². The van der Waals surface area contributed by atoms with Gasteiger partial charge in [0.25, 0.3) is 11.5 Å². The Balaban J connectivity index is 2.44. The molecule has 0 aliphatic rings. The number of aryl methyl sites for hydroxylation is 4. The van der Waals surface area contributed by atoms with Gasteiger partial charge in [0.1, 0.15) is 11.4 Å². The summed E-state index contributed by atoms with van der Waals surface area (Å²) in [4.78, 5) is 31.3. The van der Waals surface area contributed by atoms with Crippen LogP contribution in [0.15, 0.2) is 23.0 Å². The lowest BCUT2D eigenvalue weighted by Crippen LogP contribution is -2.27. The number of nitrogens with zero attached hydrogens (tertiary/aromatic N) is 1. The molecule has 0 aliphatic heterocycles. The second kappa shape index (κ2) is 6.56. The summed E-state index contributed by atoms with van der Waals surface area (Å²) in [5.74, 6) is 0.0871. The molecule has 22 heavy (non-hydrogen) atoms. The quantitative estimate of drug-likeness (QED) is 0.911. The zero-order valence-corrected chi connectivity index (χ0v) is 13.4. The molecule has 2 rings (SSSR count). The zero-order chi connectivity index (χ0) is 16.3. The summed E-state index contributed by atoms with van der Waals surface area (Å²) in [5.41, 5.74) is 3.01. The average molecular weight is 299 g/mol. The van der Waals surface area contributed by atoms with Gasteiger partial charge in [-0.2, -0.15) is 0 Å². The largest absolute Gasteiger partial charge is 0.321 e. The molecule has 2 aromatic rings. The summed E-state index contributed by atoms with van der Waals surface area (Å²) >= 11 is 0. The van der Waals surface area contributed by atoms with Crippen LogP contribution in [0.1, 0.15) is 46.9 Å². The van der Waals surface area contributed by atoms with Crippen molar-refractivity contribution in [3.05, 3.63) is 56.8 Å². The van der Waals surface area contributed by atoms with E-state index in [1.165, 1.54) is 0 Å². The number of hydrogen-bond acceptors (Lipinski definition) is 3. The third-order valence-electron chi connectivity index (χ3n) is 3.68. The molecule has 0 aliphatic carbocycles. The van der Waals surface area contributed by atoms with Crippen LogP contribution in [0.3, 0.4) is 0 Å². The summed E-state index contributed by atoms with van der Waals surface area (Å²) in [7, 11) is 0. The van der Waals surface area contributed by atoms with Crippen molar-refractivity contribution in [3.8, 4) is 0 Å². The monoisotopic (exact) mass is 299 g/mol. The van der Waals surface area contributed by atoms with Gasteiger partial charge in [0, 0.05) is 5.69 Å². The lowest BCUT2D eigenvalue weighted by Gasteiger charge is -2.14. The molecule has 5 nitrogen and oxygen atoms in total. The van der Waals surface area contributed by atoms with E-state index in [1.54, 1.807) is 13.8 Å². The summed E-state index contributed by atoms with van der Waals surface area (Å²) in [5, 5.41) is 2.90. The third kappa shape index (κ3) is 3.08. The first kappa shape index (κ1) is 15.9. The smallest absolute Gasteiger partial charge is 0.264 e. The molecule has 1 heterocycles. The van der Waals surface area contributed by atoms with Crippen LogP contribution < -0.4 is 10.9 Å². The molecule has 0 bridgehead atoms. The Labute approximate surface area is 129 Å². The molecule has 1 amide bonds. The number of benzene rings is 1. The first-order valence-electron chi connectivity index (χ1n) is 7.47. The lowest BCUT2D eigenvalue weighted by atomic mass is 10.0. The van der Waals surface area contributed by atoms with Crippen LogP contribution in [0.2, 0.25) is 0 Å². The first-order valence-corrected chi connectivity index (χ1v) is 7.47. The Hall–Kier alpha value is -2.43. The number of H-pyrrole nitrogens is 1. The molecule has 0 fully saturated rings. The molecular formula is C17H21N3O2. The molecule has 116 valence electrons. The van der Waals surface area contributed by atoms with Crippen LogP contribution >= 0.6 is 0 Å². The van der Waals surface area contributed by atoms with Gasteiger partial charge in [-0.3, -0.25) is 9.59 Å². The fraction of sp³-hybridized carbons (Fsp3) is 0.353. The average Bonchev–Trinajstić information content (AvgIpc) is 2.46. The van der Waals surface area contributed by atoms with Crippen molar-refractivity contribution in [1.29, 1.82) is 0 Å². The van der Waals surface area contributed by atoms with Crippen molar-refractivity contribution in [1.82, 2.24) is 9.97 Å². The van der Waals surface area contributed by atoms with Gasteiger partial charge in [-0.05, 0) is 37.8 Å². The lowest BCUT2D eigenvalue weighted by molar-refractivity contribution is 0.102. The van der Waals surface area contributed by atoms with Crippen molar-refractivity contribution in [3.63, 3.8) is 0 Å². The maximum Gasteiger partial charge on any atom is 0.264 e. The number of carbonyl (C=O) groups is 1. The van der Waals surface area contributed by atoms with Crippen molar-refractivity contribution in [2.24, 2.45) is 0 Å². The van der Waals surface area contributed by atoms with E-state index < -0.39 is 11.5 Å². The van der Waals surface area contributed by atoms with Gasteiger partial charge in [-0.1, -0.05) is 32.0 Å². The summed E-state index contributed by atoms with van der Waals surface area (Å²) in [6.45, 7) is 7.44. The predicted molar refractivity (Wildman–Crippen MR) is 87.5 cm³/mol. The van der Waals surface area contributed by atoms with Crippen LogP contribution in [0.5, 0.6) is 0 Å². The van der Waals surface area contributed by atoms with E-state index in [1.807, 2.05) is 32.0 Å². The van der Waals surface area contributed by atoms with Crippen LogP contribution in [0.25, 0.3) is 0 Å². The van der Waals surface area contributed by atoms with Crippen molar-refractivity contribution >= 4 is 11.6 Å². The summed E-state index contributed by atoms with van der Waals surface area (Å²) in [6.07, 6.45) is 1.62. The minimum atomic E-state index is -0.415. The predicted octanol–water partition coefficient (Wildman–Crippen LogP) is 2.76. The molecule has 5 heteroatoms. The van der Waals surface area contributed by atoms with Crippen molar-refractivity contribution in [2.45, 2.75) is 40.5 Å². The Morgan fingerprint density at radius 2 is 1.77 bits per heavy atom. The Morgan fingerprint density at radius 1 is 1.18 bits per heavy atom. The number of anilines is 1. The molecule has 0 spiro atoms. The maximum atomic E-state index is 12.5. The van der Waals surface area contributed by atoms with Gasteiger partial charge in [0.15, 0.2) is 0 Å². The molecule has 0 saturated heterocycles. The Morgan fingerprint density at radius 3 is 2.27 bits per heavy atom. The number of aromatic amines is 1. The van der Waals surface area contributed by atoms with Crippen LogP contribution in [0.4, 0.5) is 5.69 Å². The second-order valence-corrected chi connectivity index (χ2v) is 5.22. The number of carbonyl (C=O) groups excluding carboxylic acids is 1. The SMILES string of the molecule is CCc1cccc(CC)c1NC(=O)c1c(C)nc(C)[nH]c1=O. The number of rotatable bonds is 4.